The summed E-state index contributed by atoms with van der Waals surface area (Å²) < 4.78 is 15.1. The molecule has 0 bridgehead atoms. The van der Waals surface area contributed by atoms with Crippen LogP contribution in [0.3, 0.4) is 0 Å². The third kappa shape index (κ3) is 2.14. The van der Waals surface area contributed by atoms with E-state index in [1.165, 1.54) is 10.8 Å². The molecule has 1 aromatic heterocycles. The standard InChI is InChI=1S/C15H13FN2S/c16-13-7-3-1-6-11(13)15(18-17)12-9-19-14-8-4-2-5-10(12)14/h1-9,15,18H,17H2. The van der Waals surface area contributed by atoms with Crippen molar-refractivity contribution in [2.45, 2.75) is 6.04 Å². The molecule has 0 spiro atoms. The highest BCUT2D eigenvalue weighted by Gasteiger charge is 2.19. The lowest BCUT2D eigenvalue weighted by Crippen LogP contribution is -2.29. The Morgan fingerprint density at radius 1 is 1.00 bits per heavy atom. The molecule has 0 aliphatic carbocycles. The molecule has 3 aromatic rings. The minimum Gasteiger partial charge on any atom is -0.271 e. The number of hydrogen-bond acceptors (Lipinski definition) is 3. The lowest BCUT2D eigenvalue weighted by Gasteiger charge is -2.16. The zero-order valence-corrected chi connectivity index (χ0v) is 11.0. The van der Waals surface area contributed by atoms with Gasteiger partial charge in [0.25, 0.3) is 0 Å². The summed E-state index contributed by atoms with van der Waals surface area (Å²) >= 11 is 1.64. The summed E-state index contributed by atoms with van der Waals surface area (Å²) in [6.07, 6.45) is 0. The first-order valence-corrected chi connectivity index (χ1v) is 6.86. The van der Waals surface area contributed by atoms with E-state index in [0.717, 1.165) is 10.9 Å². The number of hydrazine groups is 1. The summed E-state index contributed by atoms with van der Waals surface area (Å²) in [6, 6.07) is 14.4. The molecule has 0 aliphatic heterocycles. The molecular weight excluding hydrogens is 259 g/mol. The molecule has 3 rings (SSSR count). The van der Waals surface area contributed by atoms with Crippen molar-refractivity contribution in [3.63, 3.8) is 0 Å². The van der Waals surface area contributed by atoms with Crippen LogP contribution < -0.4 is 11.3 Å². The molecule has 0 saturated carbocycles. The third-order valence-corrected chi connectivity index (χ3v) is 4.19. The number of fused-ring (bicyclic) bond motifs is 1. The van der Waals surface area contributed by atoms with Crippen LogP contribution in [0.5, 0.6) is 0 Å². The van der Waals surface area contributed by atoms with E-state index in [-0.39, 0.29) is 11.9 Å². The molecule has 2 nitrogen and oxygen atoms in total. The van der Waals surface area contributed by atoms with Crippen LogP contribution in [0.2, 0.25) is 0 Å². The van der Waals surface area contributed by atoms with E-state index < -0.39 is 0 Å². The predicted molar refractivity (Wildman–Crippen MR) is 77.4 cm³/mol. The van der Waals surface area contributed by atoms with Crippen molar-refractivity contribution in [1.29, 1.82) is 0 Å². The molecular formula is C15H13FN2S. The maximum absolute atomic E-state index is 13.9. The van der Waals surface area contributed by atoms with Gasteiger partial charge in [0.05, 0.1) is 6.04 Å². The second-order valence-corrected chi connectivity index (χ2v) is 5.22. The quantitative estimate of drug-likeness (QED) is 0.565. The summed E-state index contributed by atoms with van der Waals surface area (Å²) in [7, 11) is 0. The highest BCUT2D eigenvalue weighted by molar-refractivity contribution is 7.17. The van der Waals surface area contributed by atoms with Crippen LogP contribution in [0.1, 0.15) is 17.2 Å². The van der Waals surface area contributed by atoms with Crippen LogP contribution in [-0.4, -0.2) is 0 Å². The van der Waals surface area contributed by atoms with Gasteiger partial charge in [-0.15, -0.1) is 11.3 Å². The third-order valence-electron chi connectivity index (χ3n) is 3.20. The Morgan fingerprint density at radius 3 is 2.53 bits per heavy atom. The Morgan fingerprint density at radius 2 is 1.74 bits per heavy atom. The monoisotopic (exact) mass is 272 g/mol. The van der Waals surface area contributed by atoms with Crippen LogP contribution >= 0.6 is 11.3 Å². The topological polar surface area (TPSA) is 38.0 Å². The maximum Gasteiger partial charge on any atom is 0.128 e. The van der Waals surface area contributed by atoms with Gasteiger partial charge in [-0.1, -0.05) is 36.4 Å². The predicted octanol–water partition coefficient (Wildman–Crippen LogP) is 3.59. The molecule has 96 valence electrons. The van der Waals surface area contributed by atoms with E-state index in [0.29, 0.717) is 5.56 Å². The Hall–Kier alpha value is -1.75. The molecule has 0 radical (unpaired) electrons. The Labute approximate surface area is 114 Å². The van der Waals surface area contributed by atoms with Gasteiger partial charge in [-0.3, -0.25) is 5.84 Å². The molecule has 0 fully saturated rings. The van der Waals surface area contributed by atoms with Gasteiger partial charge in [0, 0.05) is 10.3 Å². The minimum absolute atomic E-state index is 0.249. The SMILES string of the molecule is NNC(c1ccccc1F)c1csc2ccccc12. The van der Waals surface area contributed by atoms with Crippen molar-refractivity contribution in [2.75, 3.05) is 0 Å². The van der Waals surface area contributed by atoms with E-state index >= 15 is 0 Å². The number of benzene rings is 2. The van der Waals surface area contributed by atoms with Crippen molar-refractivity contribution in [3.8, 4) is 0 Å². The van der Waals surface area contributed by atoms with Gasteiger partial charge in [0.1, 0.15) is 5.82 Å². The Kier molecular flexibility index (Phi) is 3.29. The van der Waals surface area contributed by atoms with E-state index in [2.05, 4.69) is 11.5 Å². The molecule has 1 unspecified atom stereocenters. The number of nitrogens with one attached hydrogen (secondary N) is 1. The van der Waals surface area contributed by atoms with Gasteiger partial charge in [-0.25, -0.2) is 9.82 Å². The number of nitrogens with two attached hydrogens (primary N) is 1. The molecule has 4 heteroatoms. The molecule has 0 amide bonds. The molecule has 0 saturated heterocycles. The van der Waals surface area contributed by atoms with E-state index in [4.69, 9.17) is 5.84 Å². The van der Waals surface area contributed by atoms with E-state index in [1.54, 1.807) is 23.5 Å². The van der Waals surface area contributed by atoms with Gasteiger partial charge in [-0.05, 0) is 28.5 Å². The zero-order chi connectivity index (χ0) is 13.2. The summed E-state index contributed by atoms with van der Waals surface area (Å²) in [4.78, 5) is 0. The molecule has 0 aliphatic rings. The van der Waals surface area contributed by atoms with E-state index in [1.807, 2.05) is 29.6 Å². The summed E-state index contributed by atoms with van der Waals surface area (Å²) in [6.45, 7) is 0. The normalized spacial score (nSPS) is 12.7. The van der Waals surface area contributed by atoms with Crippen LogP contribution in [0.25, 0.3) is 10.1 Å². The maximum atomic E-state index is 13.9. The van der Waals surface area contributed by atoms with Crippen molar-refractivity contribution >= 4 is 21.4 Å². The summed E-state index contributed by atoms with van der Waals surface area (Å²) in [5, 5.41) is 3.14. The average molecular weight is 272 g/mol. The lowest BCUT2D eigenvalue weighted by molar-refractivity contribution is 0.562. The van der Waals surface area contributed by atoms with Gasteiger partial charge < -0.3 is 0 Å². The number of halogens is 1. The van der Waals surface area contributed by atoms with Crippen LogP contribution in [0.15, 0.2) is 53.9 Å². The van der Waals surface area contributed by atoms with Crippen LogP contribution in [0.4, 0.5) is 4.39 Å². The molecule has 19 heavy (non-hydrogen) atoms. The first kappa shape index (κ1) is 12.3. The van der Waals surface area contributed by atoms with Gasteiger partial charge >= 0.3 is 0 Å². The molecule has 3 N–H and O–H groups in total. The zero-order valence-electron chi connectivity index (χ0n) is 10.1. The van der Waals surface area contributed by atoms with Crippen molar-refractivity contribution < 1.29 is 4.39 Å². The smallest absolute Gasteiger partial charge is 0.128 e. The molecule has 1 heterocycles. The molecule has 1 atom stereocenters. The first-order valence-electron chi connectivity index (χ1n) is 5.98. The minimum atomic E-state index is -0.336. The number of rotatable bonds is 3. The van der Waals surface area contributed by atoms with Crippen molar-refractivity contribution in [1.82, 2.24) is 5.43 Å². The largest absolute Gasteiger partial charge is 0.271 e. The molecule has 2 aromatic carbocycles. The van der Waals surface area contributed by atoms with Gasteiger partial charge in [0.2, 0.25) is 0 Å². The van der Waals surface area contributed by atoms with Gasteiger partial charge in [0.15, 0.2) is 0 Å². The lowest BCUT2D eigenvalue weighted by atomic mass is 9.98. The van der Waals surface area contributed by atoms with E-state index in [9.17, 15) is 4.39 Å². The van der Waals surface area contributed by atoms with Crippen LogP contribution in [0, 0.1) is 5.82 Å². The fourth-order valence-electron chi connectivity index (χ4n) is 2.28. The highest BCUT2D eigenvalue weighted by atomic mass is 32.1. The highest BCUT2D eigenvalue weighted by Crippen LogP contribution is 2.33. The van der Waals surface area contributed by atoms with Crippen LogP contribution in [-0.2, 0) is 0 Å². The number of hydrogen-bond donors (Lipinski definition) is 2. The summed E-state index contributed by atoms with van der Waals surface area (Å²) in [5.41, 5.74) is 4.29. The average Bonchev–Trinajstić information content (AvgIpc) is 2.86. The second kappa shape index (κ2) is 5.09. The van der Waals surface area contributed by atoms with Crippen molar-refractivity contribution in [3.05, 3.63) is 70.9 Å². The van der Waals surface area contributed by atoms with Gasteiger partial charge in [-0.2, -0.15) is 0 Å². The first-order chi connectivity index (χ1) is 9.31. The Balaban J connectivity index is 2.15. The second-order valence-electron chi connectivity index (χ2n) is 4.31. The number of thiophene rings is 1. The fraction of sp³-hybridized carbons (Fsp3) is 0.0667. The van der Waals surface area contributed by atoms with Crippen molar-refractivity contribution in [2.24, 2.45) is 5.84 Å². The fourth-order valence-corrected chi connectivity index (χ4v) is 3.27. The summed E-state index contributed by atoms with van der Waals surface area (Å²) in [5.74, 6) is 5.39. The Bertz CT molecular complexity index is 708.